The summed E-state index contributed by atoms with van der Waals surface area (Å²) >= 11 is 0. The van der Waals surface area contributed by atoms with Crippen LogP contribution in [-0.4, -0.2) is 47.8 Å². The largest absolute Gasteiger partial charge is 0.466 e. The van der Waals surface area contributed by atoms with Gasteiger partial charge in [-0.05, 0) is 32.7 Å². The lowest BCUT2D eigenvalue weighted by atomic mass is 10.1. The fourth-order valence-electron chi connectivity index (χ4n) is 2.35. The number of ether oxygens (including phenoxy) is 1. The van der Waals surface area contributed by atoms with Crippen LogP contribution in [0.1, 0.15) is 39.5 Å². The molecule has 4 nitrogen and oxygen atoms in total. The van der Waals surface area contributed by atoms with E-state index >= 15 is 0 Å². The quantitative estimate of drug-likeness (QED) is 0.695. The number of carbonyl (C=O) groups excluding carboxylic acids is 1. The highest BCUT2D eigenvalue weighted by atomic mass is 16.5. The maximum absolute atomic E-state index is 11.2. The van der Waals surface area contributed by atoms with Gasteiger partial charge < -0.3 is 9.84 Å². The van der Waals surface area contributed by atoms with Crippen molar-refractivity contribution >= 4 is 5.97 Å². The second-order valence-corrected chi connectivity index (χ2v) is 4.36. The van der Waals surface area contributed by atoms with Gasteiger partial charge in [-0.25, -0.2) is 0 Å². The number of aliphatic hydroxyl groups is 1. The fraction of sp³-hybridized carbons (Fsp3) is 0.917. The van der Waals surface area contributed by atoms with Crippen molar-refractivity contribution in [1.29, 1.82) is 0 Å². The standard InChI is InChI=1S/C12H23NO3/c1-3-10-6-5-7-13(10)9-11(14)8-12(15)16-4-2/h10-11,14H,3-9H2,1-2H3. The van der Waals surface area contributed by atoms with Crippen LogP contribution in [0.5, 0.6) is 0 Å². The summed E-state index contributed by atoms with van der Waals surface area (Å²) in [7, 11) is 0. The smallest absolute Gasteiger partial charge is 0.308 e. The molecule has 1 N–H and O–H groups in total. The molecule has 0 aliphatic carbocycles. The minimum Gasteiger partial charge on any atom is -0.466 e. The van der Waals surface area contributed by atoms with Gasteiger partial charge in [0.25, 0.3) is 0 Å². The number of β-amino-alcohol motifs (C(OH)–C–C–N with tert-alkyl or cyclic N) is 1. The van der Waals surface area contributed by atoms with Gasteiger partial charge >= 0.3 is 5.97 Å². The molecule has 0 bridgehead atoms. The van der Waals surface area contributed by atoms with Crippen molar-refractivity contribution in [2.45, 2.75) is 51.7 Å². The van der Waals surface area contributed by atoms with Crippen molar-refractivity contribution in [1.82, 2.24) is 4.90 Å². The van der Waals surface area contributed by atoms with E-state index in [0.29, 0.717) is 19.2 Å². The molecule has 1 rings (SSSR count). The molecule has 4 heteroatoms. The zero-order valence-corrected chi connectivity index (χ0v) is 10.3. The van der Waals surface area contributed by atoms with E-state index in [4.69, 9.17) is 4.74 Å². The van der Waals surface area contributed by atoms with E-state index in [9.17, 15) is 9.90 Å². The molecule has 2 atom stereocenters. The average Bonchev–Trinajstić information content (AvgIpc) is 2.65. The average molecular weight is 229 g/mol. The molecule has 0 amide bonds. The lowest BCUT2D eigenvalue weighted by Crippen LogP contribution is -2.37. The van der Waals surface area contributed by atoms with Crippen molar-refractivity contribution in [2.75, 3.05) is 19.7 Å². The summed E-state index contributed by atoms with van der Waals surface area (Å²) in [5.74, 6) is -0.303. The van der Waals surface area contributed by atoms with Crippen LogP contribution in [0.2, 0.25) is 0 Å². The van der Waals surface area contributed by atoms with Crippen LogP contribution in [0.3, 0.4) is 0 Å². The van der Waals surface area contributed by atoms with E-state index < -0.39 is 6.10 Å². The first-order valence-corrected chi connectivity index (χ1v) is 6.25. The van der Waals surface area contributed by atoms with Crippen molar-refractivity contribution in [3.05, 3.63) is 0 Å². The van der Waals surface area contributed by atoms with Crippen molar-refractivity contribution in [3.63, 3.8) is 0 Å². The number of aliphatic hydroxyl groups excluding tert-OH is 1. The van der Waals surface area contributed by atoms with Gasteiger partial charge in [-0.15, -0.1) is 0 Å². The van der Waals surface area contributed by atoms with Crippen LogP contribution >= 0.6 is 0 Å². The number of likely N-dealkylation sites (tertiary alicyclic amines) is 1. The van der Waals surface area contributed by atoms with Crippen LogP contribution in [0.15, 0.2) is 0 Å². The second-order valence-electron chi connectivity index (χ2n) is 4.36. The highest BCUT2D eigenvalue weighted by Crippen LogP contribution is 2.20. The number of esters is 1. The molecule has 94 valence electrons. The number of hydrogen-bond acceptors (Lipinski definition) is 4. The molecule has 1 aliphatic rings. The zero-order chi connectivity index (χ0) is 12.0. The predicted molar refractivity (Wildman–Crippen MR) is 62.1 cm³/mol. The lowest BCUT2D eigenvalue weighted by Gasteiger charge is -2.25. The molecule has 1 fully saturated rings. The monoisotopic (exact) mass is 229 g/mol. The number of nitrogens with zero attached hydrogens (tertiary/aromatic N) is 1. The molecule has 0 radical (unpaired) electrons. The first kappa shape index (κ1) is 13.5. The van der Waals surface area contributed by atoms with Crippen LogP contribution in [0, 0.1) is 0 Å². The molecule has 0 spiro atoms. The summed E-state index contributed by atoms with van der Waals surface area (Å²) in [6.07, 6.45) is 3.05. The summed E-state index contributed by atoms with van der Waals surface area (Å²) in [5, 5.41) is 9.78. The molecular formula is C12H23NO3. The first-order chi connectivity index (χ1) is 7.67. The molecule has 0 aromatic heterocycles. The minimum absolute atomic E-state index is 0.112. The van der Waals surface area contributed by atoms with Gasteiger partial charge in [0, 0.05) is 12.6 Å². The third kappa shape index (κ3) is 4.10. The Morgan fingerprint density at radius 3 is 2.94 bits per heavy atom. The maximum Gasteiger partial charge on any atom is 0.308 e. The van der Waals surface area contributed by atoms with Crippen LogP contribution in [0.25, 0.3) is 0 Å². The van der Waals surface area contributed by atoms with Gasteiger partial charge in [0.05, 0.1) is 19.1 Å². The predicted octanol–water partition coefficient (Wildman–Crippen LogP) is 1.17. The molecule has 1 saturated heterocycles. The Kier molecular flexibility index (Phi) is 5.77. The highest BCUT2D eigenvalue weighted by molar-refractivity contribution is 5.69. The van der Waals surface area contributed by atoms with E-state index in [1.165, 1.54) is 12.8 Å². The topological polar surface area (TPSA) is 49.8 Å². The molecule has 16 heavy (non-hydrogen) atoms. The normalized spacial score (nSPS) is 23.3. The minimum atomic E-state index is -0.591. The fourth-order valence-corrected chi connectivity index (χ4v) is 2.35. The summed E-state index contributed by atoms with van der Waals surface area (Å²) in [5.41, 5.74) is 0. The van der Waals surface area contributed by atoms with Crippen molar-refractivity contribution in [2.24, 2.45) is 0 Å². The number of carbonyl (C=O) groups is 1. The Morgan fingerprint density at radius 2 is 2.31 bits per heavy atom. The summed E-state index contributed by atoms with van der Waals surface area (Å²) < 4.78 is 4.81. The third-order valence-electron chi connectivity index (χ3n) is 3.12. The summed E-state index contributed by atoms with van der Waals surface area (Å²) in [6.45, 7) is 5.96. The van der Waals surface area contributed by atoms with E-state index in [1.54, 1.807) is 6.92 Å². The Bertz CT molecular complexity index is 220. The van der Waals surface area contributed by atoms with Gasteiger partial charge in [-0.3, -0.25) is 9.69 Å². The first-order valence-electron chi connectivity index (χ1n) is 6.25. The van der Waals surface area contributed by atoms with Gasteiger partial charge in [-0.1, -0.05) is 6.92 Å². The van der Waals surface area contributed by atoms with E-state index in [-0.39, 0.29) is 12.4 Å². The summed E-state index contributed by atoms with van der Waals surface area (Å²) in [6, 6.07) is 0.580. The molecule has 1 aliphatic heterocycles. The van der Waals surface area contributed by atoms with E-state index in [1.807, 2.05) is 0 Å². The molecule has 0 aromatic rings. The van der Waals surface area contributed by atoms with Crippen LogP contribution in [-0.2, 0) is 9.53 Å². The molecule has 0 aromatic carbocycles. The summed E-state index contributed by atoms with van der Waals surface area (Å²) in [4.78, 5) is 13.5. The Morgan fingerprint density at radius 1 is 1.56 bits per heavy atom. The second kappa shape index (κ2) is 6.86. The number of hydrogen-bond donors (Lipinski definition) is 1. The SMILES string of the molecule is CCOC(=O)CC(O)CN1CCCC1CC. The lowest BCUT2D eigenvalue weighted by molar-refractivity contribution is -0.145. The maximum atomic E-state index is 11.2. The van der Waals surface area contributed by atoms with Crippen molar-refractivity contribution < 1.29 is 14.6 Å². The van der Waals surface area contributed by atoms with E-state index in [2.05, 4.69) is 11.8 Å². The third-order valence-corrected chi connectivity index (χ3v) is 3.12. The van der Waals surface area contributed by atoms with Gasteiger partial charge in [0.2, 0.25) is 0 Å². The van der Waals surface area contributed by atoms with Crippen LogP contribution < -0.4 is 0 Å². The molecule has 1 heterocycles. The van der Waals surface area contributed by atoms with Gasteiger partial charge in [0.15, 0.2) is 0 Å². The Hall–Kier alpha value is -0.610. The Labute approximate surface area is 97.6 Å². The van der Waals surface area contributed by atoms with E-state index in [0.717, 1.165) is 13.0 Å². The van der Waals surface area contributed by atoms with Gasteiger partial charge in [-0.2, -0.15) is 0 Å². The number of rotatable bonds is 6. The molecule has 0 saturated carbocycles. The zero-order valence-electron chi connectivity index (χ0n) is 10.3. The highest BCUT2D eigenvalue weighted by Gasteiger charge is 2.25. The molecular weight excluding hydrogens is 206 g/mol. The van der Waals surface area contributed by atoms with Crippen LogP contribution in [0.4, 0.5) is 0 Å². The van der Waals surface area contributed by atoms with Crippen molar-refractivity contribution in [3.8, 4) is 0 Å². The van der Waals surface area contributed by atoms with Gasteiger partial charge in [0.1, 0.15) is 0 Å². The molecule has 2 unspecified atom stereocenters. The Balaban J connectivity index is 2.27.